The second-order valence-electron chi connectivity index (χ2n) is 4.67. The molecule has 0 amide bonds. The third kappa shape index (κ3) is 2.54. The molecule has 0 bridgehead atoms. The number of nitrogens with zero attached hydrogens (tertiary/aromatic N) is 2. The van der Waals surface area contributed by atoms with E-state index in [0.717, 1.165) is 16.8 Å². The normalized spacial score (nSPS) is 13.8. The van der Waals surface area contributed by atoms with Crippen LogP contribution in [-0.4, -0.2) is 28.8 Å². The summed E-state index contributed by atoms with van der Waals surface area (Å²) in [6.45, 7) is 1.08. The van der Waals surface area contributed by atoms with Gasteiger partial charge in [0, 0.05) is 17.5 Å². The van der Waals surface area contributed by atoms with Gasteiger partial charge >= 0.3 is 0 Å². The van der Waals surface area contributed by atoms with Gasteiger partial charge in [-0.3, -0.25) is 0 Å². The minimum absolute atomic E-state index is 0.0422. The number of nitrogen functional groups attached to an aromatic ring is 1. The molecular weight excluding hydrogens is 338 g/mol. The lowest BCUT2D eigenvalue weighted by Gasteiger charge is -2.18. The van der Waals surface area contributed by atoms with Crippen molar-refractivity contribution in [3.63, 3.8) is 0 Å². The highest BCUT2D eigenvalue weighted by molar-refractivity contribution is 9.10. The molecule has 3 N–H and O–H groups in total. The van der Waals surface area contributed by atoms with Gasteiger partial charge in [0.2, 0.25) is 0 Å². The van der Waals surface area contributed by atoms with Crippen LogP contribution in [0.2, 0.25) is 0 Å². The second-order valence-corrected chi connectivity index (χ2v) is 5.52. The number of aromatic hydroxyl groups is 1. The van der Waals surface area contributed by atoms with Crippen molar-refractivity contribution >= 4 is 21.7 Å². The van der Waals surface area contributed by atoms with Crippen LogP contribution in [0.15, 0.2) is 16.6 Å². The van der Waals surface area contributed by atoms with Crippen LogP contribution in [0.3, 0.4) is 0 Å². The van der Waals surface area contributed by atoms with Crippen molar-refractivity contribution in [2.75, 3.05) is 19.5 Å². The Hall–Kier alpha value is -1.86. The van der Waals surface area contributed by atoms with Crippen LogP contribution in [0.5, 0.6) is 11.5 Å². The Morgan fingerprint density at radius 1 is 1.38 bits per heavy atom. The zero-order valence-electron chi connectivity index (χ0n) is 11.4. The summed E-state index contributed by atoms with van der Waals surface area (Å²) in [5.74, 6) is 1.33. The number of phenols is 1. The van der Waals surface area contributed by atoms with Crippen LogP contribution in [-0.2, 0) is 17.8 Å². The number of benzene rings is 1. The summed E-state index contributed by atoms with van der Waals surface area (Å²) in [6.07, 6.45) is 0.714. The Balaban J connectivity index is 2.13. The quantitative estimate of drug-likeness (QED) is 0.862. The first kappa shape index (κ1) is 14.1. The highest BCUT2D eigenvalue weighted by Gasteiger charge is 2.18. The topological polar surface area (TPSA) is 90.5 Å². The van der Waals surface area contributed by atoms with Gasteiger partial charge in [0.1, 0.15) is 5.82 Å². The average Bonchev–Trinajstić information content (AvgIpc) is 2.50. The lowest BCUT2D eigenvalue weighted by Crippen LogP contribution is -2.16. The lowest BCUT2D eigenvalue weighted by molar-refractivity contribution is 0.109. The van der Waals surface area contributed by atoms with Gasteiger partial charge in [-0.2, -0.15) is 0 Å². The molecule has 1 aliphatic rings. The molecule has 0 unspecified atom stereocenters. The molecule has 110 valence electrons. The summed E-state index contributed by atoms with van der Waals surface area (Å²) in [5.41, 5.74) is 8.48. The number of ether oxygens (including phenoxy) is 2. The molecule has 0 fully saturated rings. The maximum Gasteiger partial charge on any atom is 0.172 e. The SMILES string of the molecule is COc1cc(-c2nc(N)c3c(n2)CCOC3)cc(Br)c1O. The van der Waals surface area contributed by atoms with Gasteiger partial charge in [0.05, 0.1) is 30.5 Å². The zero-order chi connectivity index (χ0) is 15.0. The van der Waals surface area contributed by atoms with Crippen molar-refractivity contribution in [3.05, 3.63) is 27.9 Å². The van der Waals surface area contributed by atoms with Gasteiger partial charge in [0.15, 0.2) is 17.3 Å². The van der Waals surface area contributed by atoms with Crippen LogP contribution in [0, 0.1) is 0 Å². The van der Waals surface area contributed by atoms with Gasteiger partial charge in [0.25, 0.3) is 0 Å². The smallest absolute Gasteiger partial charge is 0.172 e. The van der Waals surface area contributed by atoms with E-state index in [-0.39, 0.29) is 5.75 Å². The molecule has 6 nitrogen and oxygen atoms in total. The predicted octanol–water partition coefficient (Wildman–Crippen LogP) is 2.28. The van der Waals surface area contributed by atoms with Gasteiger partial charge in [-0.25, -0.2) is 9.97 Å². The molecule has 2 aromatic rings. The number of nitrogens with two attached hydrogens (primary N) is 1. The molecule has 0 radical (unpaired) electrons. The maximum absolute atomic E-state index is 9.86. The Labute approximate surface area is 130 Å². The van der Waals surface area contributed by atoms with E-state index >= 15 is 0 Å². The van der Waals surface area contributed by atoms with Crippen molar-refractivity contribution in [1.29, 1.82) is 0 Å². The van der Waals surface area contributed by atoms with Gasteiger partial charge < -0.3 is 20.3 Å². The molecule has 0 atom stereocenters. The summed E-state index contributed by atoms with van der Waals surface area (Å²) < 4.78 is 11.0. The van der Waals surface area contributed by atoms with Gasteiger partial charge in [-0.1, -0.05) is 0 Å². The summed E-state index contributed by atoms with van der Waals surface area (Å²) in [7, 11) is 1.49. The van der Waals surface area contributed by atoms with E-state index in [2.05, 4.69) is 25.9 Å². The van der Waals surface area contributed by atoms with E-state index in [4.69, 9.17) is 15.2 Å². The summed E-state index contributed by atoms with van der Waals surface area (Å²) in [5, 5.41) is 9.86. The minimum Gasteiger partial charge on any atom is -0.503 e. The first-order valence-corrected chi connectivity index (χ1v) is 7.19. The van der Waals surface area contributed by atoms with E-state index in [0.29, 0.717) is 41.5 Å². The number of rotatable bonds is 2. The number of halogens is 1. The molecule has 3 rings (SSSR count). The molecule has 0 saturated heterocycles. The molecule has 2 heterocycles. The van der Waals surface area contributed by atoms with Crippen molar-refractivity contribution in [3.8, 4) is 22.9 Å². The number of aromatic nitrogens is 2. The largest absolute Gasteiger partial charge is 0.503 e. The first-order chi connectivity index (χ1) is 10.1. The molecule has 1 aromatic carbocycles. The van der Waals surface area contributed by atoms with Crippen LogP contribution in [0.1, 0.15) is 11.3 Å². The molecule has 7 heteroatoms. The van der Waals surface area contributed by atoms with Crippen LogP contribution >= 0.6 is 15.9 Å². The number of methoxy groups -OCH3 is 1. The van der Waals surface area contributed by atoms with Crippen molar-refractivity contribution < 1.29 is 14.6 Å². The number of fused-ring (bicyclic) bond motifs is 1. The van der Waals surface area contributed by atoms with Crippen LogP contribution in [0.25, 0.3) is 11.4 Å². The van der Waals surface area contributed by atoms with E-state index < -0.39 is 0 Å². The fraction of sp³-hybridized carbons (Fsp3) is 0.286. The molecule has 0 spiro atoms. The first-order valence-electron chi connectivity index (χ1n) is 6.40. The number of hydrogen-bond donors (Lipinski definition) is 2. The predicted molar refractivity (Wildman–Crippen MR) is 81.2 cm³/mol. The third-order valence-electron chi connectivity index (χ3n) is 3.36. The summed E-state index contributed by atoms with van der Waals surface area (Å²) >= 11 is 3.29. The Bertz CT molecular complexity index is 706. The molecule has 0 aliphatic carbocycles. The molecule has 1 aliphatic heterocycles. The van der Waals surface area contributed by atoms with E-state index in [9.17, 15) is 5.11 Å². The molecule has 0 saturated carbocycles. The molecule has 21 heavy (non-hydrogen) atoms. The van der Waals surface area contributed by atoms with Gasteiger partial charge in [-0.05, 0) is 28.1 Å². The summed E-state index contributed by atoms with van der Waals surface area (Å²) in [4.78, 5) is 8.89. The fourth-order valence-electron chi connectivity index (χ4n) is 2.24. The number of anilines is 1. The van der Waals surface area contributed by atoms with E-state index in [1.165, 1.54) is 7.11 Å². The average molecular weight is 352 g/mol. The highest BCUT2D eigenvalue weighted by atomic mass is 79.9. The minimum atomic E-state index is 0.0422. The van der Waals surface area contributed by atoms with Crippen molar-refractivity contribution in [1.82, 2.24) is 9.97 Å². The van der Waals surface area contributed by atoms with Crippen molar-refractivity contribution in [2.24, 2.45) is 0 Å². The Morgan fingerprint density at radius 3 is 2.95 bits per heavy atom. The second kappa shape index (κ2) is 5.50. The molecule has 1 aromatic heterocycles. The Kier molecular flexibility index (Phi) is 3.69. The third-order valence-corrected chi connectivity index (χ3v) is 3.97. The fourth-order valence-corrected chi connectivity index (χ4v) is 2.69. The monoisotopic (exact) mass is 351 g/mol. The maximum atomic E-state index is 9.86. The number of phenolic OH excluding ortho intramolecular Hbond substituents is 1. The van der Waals surface area contributed by atoms with Gasteiger partial charge in [-0.15, -0.1) is 0 Å². The zero-order valence-corrected chi connectivity index (χ0v) is 13.0. The highest BCUT2D eigenvalue weighted by Crippen LogP contribution is 2.38. The van der Waals surface area contributed by atoms with Crippen LogP contribution < -0.4 is 10.5 Å². The van der Waals surface area contributed by atoms with Crippen molar-refractivity contribution in [2.45, 2.75) is 13.0 Å². The standard InChI is InChI=1S/C14H14BrN3O3/c1-20-11-5-7(4-9(15)12(11)19)14-17-10-2-3-21-6-8(10)13(16)18-14/h4-5,19H,2-3,6H2,1H3,(H2,16,17,18). The Morgan fingerprint density at radius 2 is 2.19 bits per heavy atom. The van der Waals surface area contributed by atoms with E-state index in [1.54, 1.807) is 12.1 Å². The number of hydrogen-bond acceptors (Lipinski definition) is 6. The summed E-state index contributed by atoms with van der Waals surface area (Å²) in [6, 6.07) is 3.42. The van der Waals surface area contributed by atoms with Crippen LogP contribution in [0.4, 0.5) is 5.82 Å². The molecular formula is C14H14BrN3O3. The lowest BCUT2D eigenvalue weighted by atomic mass is 10.1. The van der Waals surface area contributed by atoms with E-state index in [1.807, 2.05) is 0 Å².